The second-order valence-electron chi connectivity index (χ2n) is 3.18. The van der Waals surface area contributed by atoms with E-state index in [9.17, 15) is 4.79 Å². The Labute approximate surface area is 83.0 Å². The first-order chi connectivity index (χ1) is 6.09. The van der Waals surface area contributed by atoms with E-state index >= 15 is 0 Å². The molecular formula is C10H15NOS. The van der Waals surface area contributed by atoms with Crippen LogP contribution in [-0.4, -0.2) is 12.5 Å². The number of hydrogen-bond donors (Lipinski definition) is 1. The van der Waals surface area contributed by atoms with Gasteiger partial charge in [-0.05, 0) is 31.9 Å². The molecule has 3 heteroatoms. The predicted octanol–water partition coefficient (Wildman–Crippen LogP) is 2.04. The van der Waals surface area contributed by atoms with Crippen molar-refractivity contribution in [3.63, 3.8) is 0 Å². The van der Waals surface area contributed by atoms with Crippen molar-refractivity contribution in [2.75, 3.05) is 6.54 Å². The highest BCUT2D eigenvalue weighted by atomic mass is 32.1. The van der Waals surface area contributed by atoms with Crippen LogP contribution in [0.25, 0.3) is 0 Å². The quantitative estimate of drug-likeness (QED) is 0.789. The predicted molar refractivity (Wildman–Crippen MR) is 56.2 cm³/mol. The van der Waals surface area contributed by atoms with Gasteiger partial charge in [0.25, 0.3) is 0 Å². The van der Waals surface area contributed by atoms with Crippen molar-refractivity contribution in [1.82, 2.24) is 5.32 Å². The molecule has 0 atom stereocenters. The Balaban J connectivity index is 2.41. The smallest absolute Gasteiger partial charge is 0.216 e. The fraction of sp³-hybridized carbons (Fsp3) is 0.500. The number of aryl methyl sites for hydroxylation is 2. The lowest BCUT2D eigenvalue weighted by molar-refractivity contribution is -0.118. The van der Waals surface area contributed by atoms with Crippen molar-refractivity contribution in [3.8, 4) is 0 Å². The van der Waals surface area contributed by atoms with E-state index in [-0.39, 0.29) is 5.91 Å². The van der Waals surface area contributed by atoms with E-state index in [1.165, 1.54) is 15.3 Å². The summed E-state index contributed by atoms with van der Waals surface area (Å²) in [7, 11) is 0. The van der Waals surface area contributed by atoms with Crippen molar-refractivity contribution in [1.29, 1.82) is 0 Å². The van der Waals surface area contributed by atoms with Crippen LogP contribution in [0.2, 0.25) is 0 Å². The average Bonchev–Trinajstić information content (AvgIpc) is 2.30. The molecule has 1 heterocycles. The van der Waals surface area contributed by atoms with Gasteiger partial charge in [-0.3, -0.25) is 4.79 Å². The largest absolute Gasteiger partial charge is 0.356 e. The summed E-state index contributed by atoms with van der Waals surface area (Å²) in [6.45, 7) is 6.54. The molecule has 1 aromatic rings. The van der Waals surface area contributed by atoms with Crippen molar-refractivity contribution in [2.45, 2.75) is 27.2 Å². The molecule has 0 saturated heterocycles. The van der Waals surface area contributed by atoms with Crippen LogP contribution in [0.1, 0.15) is 22.2 Å². The third-order valence-electron chi connectivity index (χ3n) is 1.96. The molecule has 0 fully saturated rings. The Hall–Kier alpha value is -0.830. The number of carbonyl (C=O) groups excluding carboxylic acids is 1. The van der Waals surface area contributed by atoms with Crippen LogP contribution >= 0.6 is 11.3 Å². The van der Waals surface area contributed by atoms with Gasteiger partial charge in [0.1, 0.15) is 0 Å². The third-order valence-corrected chi connectivity index (χ3v) is 3.17. The van der Waals surface area contributed by atoms with Crippen molar-refractivity contribution in [2.24, 2.45) is 0 Å². The van der Waals surface area contributed by atoms with E-state index in [4.69, 9.17) is 0 Å². The van der Waals surface area contributed by atoms with E-state index in [1.807, 2.05) is 11.3 Å². The number of thiophene rings is 1. The third kappa shape index (κ3) is 3.19. The molecule has 1 N–H and O–H groups in total. The van der Waals surface area contributed by atoms with Gasteiger partial charge in [0.05, 0.1) is 0 Å². The summed E-state index contributed by atoms with van der Waals surface area (Å²) >= 11 is 1.81. The minimum Gasteiger partial charge on any atom is -0.356 e. The van der Waals surface area contributed by atoms with Crippen LogP contribution < -0.4 is 5.32 Å². The van der Waals surface area contributed by atoms with E-state index < -0.39 is 0 Å². The molecular weight excluding hydrogens is 182 g/mol. The number of amides is 1. The Morgan fingerprint density at radius 2 is 2.23 bits per heavy atom. The molecule has 1 aromatic heterocycles. The molecule has 13 heavy (non-hydrogen) atoms. The van der Waals surface area contributed by atoms with Crippen molar-refractivity contribution in [3.05, 3.63) is 21.4 Å². The van der Waals surface area contributed by atoms with E-state index in [0.717, 1.165) is 13.0 Å². The maximum atomic E-state index is 10.6. The highest BCUT2D eigenvalue weighted by Crippen LogP contribution is 2.20. The zero-order chi connectivity index (χ0) is 9.84. The molecule has 1 amide bonds. The first kappa shape index (κ1) is 10.3. The normalized spacial score (nSPS) is 10.1. The molecule has 0 bridgehead atoms. The maximum absolute atomic E-state index is 10.6. The molecule has 1 rings (SSSR count). The summed E-state index contributed by atoms with van der Waals surface area (Å²) in [6, 6.07) is 2.20. The number of nitrogens with one attached hydrogen (secondary N) is 1. The van der Waals surface area contributed by atoms with Gasteiger partial charge in [0, 0.05) is 23.2 Å². The molecule has 0 spiro atoms. The van der Waals surface area contributed by atoms with Gasteiger partial charge in [0.2, 0.25) is 5.91 Å². The second kappa shape index (κ2) is 4.42. The van der Waals surface area contributed by atoms with E-state index in [1.54, 1.807) is 6.92 Å². The zero-order valence-electron chi connectivity index (χ0n) is 8.31. The second-order valence-corrected chi connectivity index (χ2v) is 4.53. The van der Waals surface area contributed by atoms with Gasteiger partial charge in [-0.2, -0.15) is 0 Å². The number of rotatable bonds is 3. The Morgan fingerprint density at radius 1 is 1.54 bits per heavy atom. The zero-order valence-corrected chi connectivity index (χ0v) is 9.12. The molecule has 72 valence electrons. The molecule has 0 aliphatic heterocycles. The Kier molecular flexibility index (Phi) is 3.48. The topological polar surface area (TPSA) is 29.1 Å². The Bertz CT molecular complexity index is 284. The molecule has 0 aromatic carbocycles. The van der Waals surface area contributed by atoms with Gasteiger partial charge in [-0.1, -0.05) is 0 Å². The monoisotopic (exact) mass is 197 g/mol. The van der Waals surface area contributed by atoms with Gasteiger partial charge in [0.15, 0.2) is 0 Å². The summed E-state index contributed by atoms with van der Waals surface area (Å²) in [5.41, 5.74) is 1.35. The van der Waals surface area contributed by atoms with Crippen LogP contribution in [0, 0.1) is 13.8 Å². The van der Waals surface area contributed by atoms with Crippen LogP contribution in [0.3, 0.4) is 0 Å². The Morgan fingerprint density at radius 3 is 2.69 bits per heavy atom. The van der Waals surface area contributed by atoms with Crippen LogP contribution in [0.4, 0.5) is 0 Å². The SMILES string of the molecule is CC(=O)NCCc1cc(C)c(C)s1. The van der Waals surface area contributed by atoms with E-state index in [0.29, 0.717) is 0 Å². The first-order valence-electron chi connectivity index (χ1n) is 4.40. The van der Waals surface area contributed by atoms with Gasteiger partial charge in [-0.25, -0.2) is 0 Å². The molecule has 0 aliphatic rings. The fourth-order valence-corrected chi connectivity index (χ4v) is 2.19. The minimum absolute atomic E-state index is 0.0463. The maximum Gasteiger partial charge on any atom is 0.216 e. The summed E-state index contributed by atoms with van der Waals surface area (Å²) in [6.07, 6.45) is 0.943. The average molecular weight is 197 g/mol. The summed E-state index contributed by atoms with van der Waals surface area (Å²) in [5.74, 6) is 0.0463. The lowest BCUT2D eigenvalue weighted by Gasteiger charge is -1.98. The highest BCUT2D eigenvalue weighted by Gasteiger charge is 2.01. The molecule has 0 aliphatic carbocycles. The fourth-order valence-electron chi connectivity index (χ4n) is 1.13. The lowest BCUT2D eigenvalue weighted by atomic mass is 10.2. The molecule has 0 radical (unpaired) electrons. The van der Waals surface area contributed by atoms with Gasteiger partial charge in [-0.15, -0.1) is 11.3 Å². The molecule has 0 unspecified atom stereocenters. The van der Waals surface area contributed by atoms with Gasteiger partial charge >= 0.3 is 0 Å². The van der Waals surface area contributed by atoms with Crippen LogP contribution in [0.5, 0.6) is 0 Å². The van der Waals surface area contributed by atoms with Crippen LogP contribution in [0.15, 0.2) is 6.07 Å². The highest BCUT2D eigenvalue weighted by molar-refractivity contribution is 7.12. The van der Waals surface area contributed by atoms with Gasteiger partial charge < -0.3 is 5.32 Å². The molecule has 2 nitrogen and oxygen atoms in total. The summed E-state index contributed by atoms with van der Waals surface area (Å²) in [4.78, 5) is 13.3. The number of carbonyl (C=O) groups is 1. The minimum atomic E-state index is 0.0463. The van der Waals surface area contributed by atoms with E-state index in [2.05, 4.69) is 25.2 Å². The van der Waals surface area contributed by atoms with Crippen molar-refractivity contribution >= 4 is 17.2 Å². The lowest BCUT2D eigenvalue weighted by Crippen LogP contribution is -2.22. The first-order valence-corrected chi connectivity index (χ1v) is 5.21. The van der Waals surface area contributed by atoms with Crippen LogP contribution in [-0.2, 0) is 11.2 Å². The standard InChI is InChI=1S/C10H15NOS/c1-7-6-10(13-8(7)2)4-5-11-9(3)12/h6H,4-5H2,1-3H3,(H,11,12). The summed E-state index contributed by atoms with van der Waals surface area (Å²) < 4.78 is 0. The summed E-state index contributed by atoms with van der Waals surface area (Å²) in [5, 5.41) is 2.79. The molecule has 0 saturated carbocycles. The number of hydrogen-bond acceptors (Lipinski definition) is 2. The van der Waals surface area contributed by atoms with Crippen molar-refractivity contribution < 1.29 is 4.79 Å².